The summed E-state index contributed by atoms with van der Waals surface area (Å²) >= 11 is 0. The number of rotatable bonds is 11. The summed E-state index contributed by atoms with van der Waals surface area (Å²) in [4.78, 5) is 11.8. The average Bonchev–Trinajstić information content (AvgIpc) is 3.05. The normalized spacial score (nSPS) is 12.8. The van der Waals surface area contributed by atoms with Gasteiger partial charge in [-0.15, -0.1) is 0 Å². The predicted octanol–water partition coefficient (Wildman–Crippen LogP) is 1.50. The lowest BCUT2D eigenvalue weighted by Crippen LogP contribution is -2.32. The van der Waals surface area contributed by atoms with Crippen molar-refractivity contribution < 1.29 is 27.4 Å². The van der Waals surface area contributed by atoms with Crippen LogP contribution in [-0.4, -0.2) is 53.7 Å². The van der Waals surface area contributed by atoms with Gasteiger partial charge in [0.05, 0.1) is 11.9 Å². The minimum atomic E-state index is -3.47. The number of benzene rings is 1. The molecule has 26 heavy (non-hydrogen) atoms. The fourth-order valence-corrected chi connectivity index (χ4v) is 3.50. The summed E-state index contributed by atoms with van der Waals surface area (Å²) in [6, 6.07) is 4.99. The zero-order chi connectivity index (χ0) is 19.0. The van der Waals surface area contributed by atoms with Gasteiger partial charge in [-0.05, 0) is 31.9 Å². The van der Waals surface area contributed by atoms with Crippen molar-refractivity contribution in [1.29, 1.82) is 0 Å². The van der Waals surface area contributed by atoms with Gasteiger partial charge in [0, 0.05) is 38.8 Å². The maximum atomic E-state index is 12.1. The van der Waals surface area contributed by atoms with Crippen LogP contribution in [0.15, 0.2) is 18.2 Å². The lowest BCUT2D eigenvalue weighted by atomic mass is 10.2. The molecule has 0 spiro atoms. The maximum absolute atomic E-state index is 12.1. The van der Waals surface area contributed by atoms with Crippen LogP contribution in [-0.2, 0) is 19.6 Å². The highest BCUT2D eigenvalue weighted by Crippen LogP contribution is 2.36. The number of sulfonamides is 1. The summed E-state index contributed by atoms with van der Waals surface area (Å²) in [7, 11) is -3.47. The molecule has 0 bridgehead atoms. The topological polar surface area (TPSA) is 94.2 Å². The second kappa shape index (κ2) is 9.63. The van der Waals surface area contributed by atoms with Gasteiger partial charge in [0.25, 0.3) is 0 Å². The highest BCUT2D eigenvalue weighted by molar-refractivity contribution is 7.92. The molecule has 0 atom stereocenters. The van der Waals surface area contributed by atoms with E-state index in [1.54, 1.807) is 18.2 Å². The lowest BCUT2D eigenvalue weighted by Gasteiger charge is -2.22. The second-order valence-corrected chi connectivity index (χ2v) is 7.78. The van der Waals surface area contributed by atoms with Crippen molar-refractivity contribution in [2.24, 2.45) is 0 Å². The SMILES string of the molecule is CCOCCCNC(=O)CCCN(c1ccc2c(c1)OCO2)S(C)(=O)=O. The summed E-state index contributed by atoms with van der Waals surface area (Å²) in [5.74, 6) is 1.01. The molecular formula is C17H26N2O6S. The van der Waals surface area contributed by atoms with Crippen LogP contribution in [0.3, 0.4) is 0 Å². The van der Waals surface area contributed by atoms with Gasteiger partial charge in [-0.2, -0.15) is 0 Å². The third kappa shape index (κ3) is 6.06. The number of hydrogen-bond donors (Lipinski definition) is 1. The van der Waals surface area contributed by atoms with Crippen LogP contribution in [0.1, 0.15) is 26.2 Å². The van der Waals surface area contributed by atoms with Crippen molar-refractivity contribution in [3.05, 3.63) is 18.2 Å². The fraction of sp³-hybridized carbons (Fsp3) is 0.588. The van der Waals surface area contributed by atoms with Crippen molar-refractivity contribution in [3.63, 3.8) is 0 Å². The summed E-state index contributed by atoms with van der Waals surface area (Å²) in [6.45, 7) is 4.09. The smallest absolute Gasteiger partial charge is 0.232 e. The molecule has 1 aromatic carbocycles. The van der Waals surface area contributed by atoms with E-state index in [-0.39, 0.29) is 25.7 Å². The standard InChI is InChI=1S/C17H26N2O6S/c1-3-23-11-5-9-18-17(20)6-4-10-19(26(2,21)22)14-7-8-15-16(12-14)25-13-24-15/h7-8,12H,3-6,9-11,13H2,1-2H3,(H,18,20). The molecule has 0 aromatic heterocycles. The summed E-state index contributed by atoms with van der Waals surface area (Å²) < 4.78 is 41.3. The van der Waals surface area contributed by atoms with Gasteiger partial charge in [-0.25, -0.2) is 8.42 Å². The highest BCUT2D eigenvalue weighted by atomic mass is 32.2. The van der Waals surface area contributed by atoms with Gasteiger partial charge in [0.1, 0.15) is 0 Å². The van der Waals surface area contributed by atoms with Gasteiger partial charge >= 0.3 is 0 Å². The minimum absolute atomic E-state index is 0.0966. The summed E-state index contributed by atoms with van der Waals surface area (Å²) in [6.07, 6.45) is 2.57. The molecule has 9 heteroatoms. The molecule has 2 rings (SSSR count). The van der Waals surface area contributed by atoms with E-state index in [0.717, 1.165) is 12.7 Å². The second-order valence-electron chi connectivity index (χ2n) is 5.88. The zero-order valence-corrected chi connectivity index (χ0v) is 16.0. The van der Waals surface area contributed by atoms with E-state index < -0.39 is 10.0 Å². The molecule has 0 saturated heterocycles. The Labute approximate surface area is 154 Å². The van der Waals surface area contributed by atoms with Crippen molar-refractivity contribution >= 4 is 21.6 Å². The van der Waals surface area contributed by atoms with Crippen molar-refractivity contribution in [2.45, 2.75) is 26.2 Å². The van der Waals surface area contributed by atoms with Crippen LogP contribution < -0.4 is 19.1 Å². The van der Waals surface area contributed by atoms with E-state index in [2.05, 4.69) is 5.32 Å². The Morgan fingerprint density at radius 3 is 2.77 bits per heavy atom. The molecule has 0 fully saturated rings. The van der Waals surface area contributed by atoms with Crippen LogP contribution in [0.4, 0.5) is 5.69 Å². The Hall–Kier alpha value is -2.00. The molecule has 0 unspecified atom stereocenters. The van der Waals surface area contributed by atoms with Gasteiger partial charge < -0.3 is 19.5 Å². The Balaban J connectivity index is 1.85. The number of fused-ring (bicyclic) bond motifs is 1. The predicted molar refractivity (Wildman–Crippen MR) is 98.1 cm³/mol. The van der Waals surface area contributed by atoms with Crippen LogP contribution in [0.5, 0.6) is 11.5 Å². The molecule has 1 aliphatic heterocycles. The summed E-state index contributed by atoms with van der Waals surface area (Å²) in [5, 5.41) is 2.80. The number of carbonyl (C=O) groups is 1. The van der Waals surface area contributed by atoms with E-state index in [1.165, 1.54) is 4.31 Å². The maximum Gasteiger partial charge on any atom is 0.232 e. The molecule has 1 N–H and O–H groups in total. The van der Waals surface area contributed by atoms with Crippen LogP contribution in [0, 0.1) is 0 Å². The minimum Gasteiger partial charge on any atom is -0.454 e. The third-order valence-electron chi connectivity index (χ3n) is 3.80. The first-order valence-corrected chi connectivity index (χ1v) is 10.5. The largest absolute Gasteiger partial charge is 0.454 e. The van der Waals surface area contributed by atoms with E-state index in [4.69, 9.17) is 14.2 Å². The number of hydrogen-bond acceptors (Lipinski definition) is 6. The number of carbonyl (C=O) groups excluding carboxylic acids is 1. The van der Waals surface area contributed by atoms with E-state index in [9.17, 15) is 13.2 Å². The Morgan fingerprint density at radius 2 is 2.04 bits per heavy atom. The number of nitrogens with zero attached hydrogens (tertiary/aromatic N) is 1. The first-order valence-electron chi connectivity index (χ1n) is 8.63. The zero-order valence-electron chi connectivity index (χ0n) is 15.2. The molecule has 8 nitrogen and oxygen atoms in total. The van der Waals surface area contributed by atoms with E-state index in [1.807, 2.05) is 6.92 Å². The first kappa shape index (κ1) is 20.3. The highest BCUT2D eigenvalue weighted by Gasteiger charge is 2.21. The number of anilines is 1. The fourth-order valence-electron chi connectivity index (χ4n) is 2.54. The Morgan fingerprint density at radius 1 is 1.27 bits per heavy atom. The first-order chi connectivity index (χ1) is 12.4. The monoisotopic (exact) mass is 386 g/mol. The molecule has 1 amide bonds. The quantitative estimate of drug-likeness (QED) is 0.579. The van der Waals surface area contributed by atoms with Crippen molar-refractivity contribution in [2.75, 3.05) is 43.7 Å². The molecular weight excluding hydrogens is 360 g/mol. The van der Waals surface area contributed by atoms with Crippen LogP contribution in [0.2, 0.25) is 0 Å². The Bertz CT molecular complexity index is 707. The number of ether oxygens (including phenoxy) is 3. The molecule has 1 aromatic rings. The van der Waals surface area contributed by atoms with Gasteiger partial charge in [0.15, 0.2) is 11.5 Å². The van der Waals surface area contributed by atoms with Gasteiger partial charge in [0.2, 0.25) is 22.7 Å². The van der Waals surface area contributed by atoms with Gasteiger partial charge in [-0.3, -0.25) is 9.10 Å². The van der Waals surface area contributed by atoms with Crippen LogP contribution in [0.25, 0.3) is 0 Å². The van der Waals surface area contributed by atoms with Crippen molar-refractivity contribution in [1.82, 2.24) is 5.32 Å². The molecule has 1 aliphatic rings. The van der Waals surface area contributed by atoms with E-state index in [0.29, 0.717) is 43.4 Å². The lowest BCUT2D eigenvalue weighted by molar-refractivity contribution is -0.121. The third-order valence-corrected chi connectivity index (χ3v) is 5.00. The molecule has 0 saturated carbocycles. The summed E-state index contributed by atoms with van der Waals surface area (Å²) in [5.41, 5.74) is 0.494. The molecule has 0 aliphatic carbocycles. The number of nitrogens with one attached hydrogen (secondary N) is 1. The average molecular weight is 386 g/mol. The molecule has 146 valence electrons. The molecule has 1 heterocycles. The molecule has 0 radical (unpaired) electrons. The van der Waals surface area contributed by atoms with Gasteiger partial charge in [-0.1, -0.05) is 0 Å². The Kier molecular flexibility index (Phi) is 7.52. The van der Waals surface area contributed by atoms with Crippen LogP contribution >= 0.6 is 0 Å². The number of amides is 1. The van der Waals surface area contributed by atoms with E-state index >= 15 is 0 Å². The van der Waals surface area contributed by atoms with Crippen molar-refractivity contribution in [3.8, 4) is 11.5 Å².